The second-order valence-electron chi connectivity index (χ2n) is 8.76. The van der Waals surface area contributed by atoms with Crippen molar-refractivity contribution in [3.8, 4) is 5.75 Å². The van der Waals surface area contributed by atoms with Gasteiger partial charge in [-0.2, -0.15) is 13.2 Å². The quantitative estimate of drug-likeness (QED) is 0.267. The highest BCUT2D eigenvalue weighted by Gasteiger charge is 2.59. The van der Waals surface area contributed by atoms with E-state index in [0.717, 1.165) is 11.8 Å². The van der Waals surface area contributed by atoms with Gasteiger partial charge in [-0.05, 0) is 41.0 Å². The number of ether oxygens (including phenoxy) is 1. The first-order valence-corrected chi connectivity index (χ1v) is 11.7. The third-order valence-electron chi connectivity index (χ3n) is 6.31. The van der Waals surface area contributed by atoms with Gasteiger partial charge in [-0.15, -0.1) is 0 Å². The van der Waals surface area contributed by atoms with E-state index >= 15 is 0 Å². The standard InChI is InChI=1S/C28H23ClF3NO4/c1-17(27(36,28(30,31)32)21-13-20-4-2-3-5-25(20)33-15-21)23-11-10-22(14-24(23)29)37-16-19-8-6-18(7-9-19)12-26(34)35/h2-11,13-15,17,36H,12,16H2,1H3,(H,34,35). The first-order valence-electron chi connectivity index (χ1n) is 11.4. The van der Waals surface area contributed by atoms with Crippen molar-refractivity contribution >= 4 is 28.5 Å². The van der Waals surface area contributed by atoms with Crippen LogP contribution in [0.25, 0.3) is 10.9 Å². The van der Waals surface area contributed by atoms with Gasteiger partial charge < -0.3 is 14.9 Å². The number of fused-ring (bicyclic) bond motifs is 1. The van der Waals surface area contributed by atoms with Gasteiger partial charge in [0.1, 0.15) is 12.4 Å². The van der Waals surface area contributed by atoms with Gasteiger partial charge >= 0.3 is 12.1 Å². The van der Waals surface area contributed by atoms with Crippen molar-refractivity contribution in [1.82, 2.24) is 4.98 Å². The molecule has 0 aliphatic heterocycles. The number of halogens is 4. The van der Waals surface area contributed by atoms with Crippen LogP contribution >= 0.6 is 11.6 Å². The summed E-state index contributed by atoms with van der Waals surface area (Å²) in [5.41, 5.74) is -1.59. The highest BCUT2D eigenvalue weighted by molar-refractivity contribution is 6.31. The van der Waals surface area contributed by atoms with Gasteiger partial charge in [0.15, 0.2) is 5.60 Å². The lowest BCUT2D eigenvalue weighted by Gasteiger charge is -2.37. The lowest BCUT2D eigenvalue weighted by Crippen LogP contribution is -2.46. The molecule has 0 fully saturated rings. The molecule has 37 heavy (non-hydrogen) atoms. The molecule has 2 unspecified atom stereocenters. The van der Waals surface area contributed by atoms with Crippen LogP contribution in [0.5, 0.6) is 5.75 Å². The van der Waals surface area contributed by atoms with Gasteiger partial charge in [0.05, 0.1) is 11.9 Å². The number of aliphatic carboxylic acids is 1. The van der Waals surface area contributed by atoms with Crippen molar-refractivity contribution in [3.63, 3.8) is 0 Å². The van der Waals surface area contributed by atoms with E-state index in [1.54, 1.807) is 48.5 Å². The van der Waals surface area contributed by atoms with Crippen molar-refractivity contribution in [1.29, 1.82) is 0 Å². The van der Waals surface area contributed by atoms with Gasteiger partial charge in [0.2, 0.25) is 0 Å². The molecule has 9 heteroatoms. The second kappa shape index (κ2) is 10.4. The van der Waals surface area contributed by atoms with Crippen molar-refractivity contribution in [3.05, 3.63) is 106 Å². The van der Waals surface area contributed by atoms with Crippen LogP contribution in [-0.4, -0.2) is 27.3 Å². The zero-order valence-electron chi connectivity index (χ0n) is 19.7. The number of aromatic nitrogens is 1. The van der Waals surface area contributed by atoms with Gasteiger partial charge in [-0.1, -0.05) is 67.1 Å². The zero-order valence-corrected chi connectivity index (χ0v) is 20.4. The molecule has 2 atom stereocenters. The van der Waals surface area contributed by atoms with Gasteiger partial charge in [-0.3, -0.25) is 9.78 Å². The molecule has 5 nitrogen and oxygen atoms in total. The predicted molar refractivity (Wildman–Crippen MR) is 134 cm³/mol. The lowest BCUT2D eigenvalue weighted by atomic mass is 9.78. The average Bonchev–Trinajstić information content (AvgIpc) is 2.86. The van der Waals surface area contributed by atoms with E-state index < -0.39 is 23.7 Å². The number of aliphatic hydroxyl groups is 1. The highest BCUT2D eigenvalue weighted by atomic mass is 35.5. The fourth-order valence-electron chi connectivity index (χ4n) is 4.21. The Balaban J connectivity index is 1.57. The number of hydrogen-bond acceptors (Lipinski definition) is 4. The largest absolute Gasteiger partial charge is 0.489 e. The Labute approximate surface area is 216 Å². The van der Waals surface area contributed by atoms with E-state index in [1.165, 1.54) is 31.2 Å². The van der Waals surface area contributed by atoms with Crippen LogP contribution in [0.1, 0.15) is 35.1 Å². The summed E-state index contributed by atoms with van der Waals surface area (Å²) in [5.74, 6) is -2.06. The van der Waals surface area contributed by atoms with Crippen LogP contribution in [-0.2, 0) is 23.4 Å². The van der Waals surface area contributed by atoms with E-state index in [-0.39, 0.29) is 29.2 Å². The molecule has 0 aliphatic rings. The normalized spacial score (nSPS) is 14.2. The topological polar surface area (TPSA) is 79.7 Å². The molecule has 0 bridgehead atoms. The molecule has 0 aliphatic carbocycles. The van der Waals surface area contributed by atoms with Crippen molar-refractivity contribution in [2.24, 2.45) is 0 Å². The van der Waals surface area contributed by atoms with Crippen molar-refractivity contribution in [2.75, 3.05) is 0 Å². The fourth-order valence-corrected chi connectivity index (χ4v) is 4.54. The summed E-state index contributed by atoms with van der Waals surface area (Å²) in [6, 6.07) is 19.1. The number of hydrogen-bond donors (Lipinski definition) is 2. The van der Waals surface area contributed by atoms with Crippen molar-refractivity contribution in [2.45, 2.75) is 37.6 Å². The molecule has 1 aromatic heterocycles. The molecule has 2 N–H and O–H groups in total. The molecule has 0 spiro atoms. The number of carboxylic acid groups (broad SMARTS) is 1. The van der Waals surface area contributed by atoms with Crippen molar-refractivity contribution < 1.29 is 32.9 Å². The molecule has 3 aromatic carbocycles. The number of para-hydroxylation sites is 1. The average molecular weight is 530 g/mol. The summed E-state index contributed by atoms with van der Waals surface area (Å²) in [7, 11) is 0. The van der Waals surface area contributed by atoms with E-state index in [0.29, 0.717) is 22.2 Å². The molecule has 1 heterocycles. The predicted octanol–water partition coefficient (Wildman–Crippen LogP) is 6.65. The van der Waals surface area contributed by atoms with Crippen LogP contribution in [0.15, 0.2) is 79.0 Å². The number of carboxylic acids is 1. The maximum absolute atomic E-state index is 14.4. The summed E-state index contributed by atoms with van der Waals surface area (Å²) in [4.78, 5) is 14.9. The maximum atomic E-state index is 14.4. The molecule has 192 valence electrons. The molecule has 4 aromatic rings. The molecule has 0 saturated carbocycles. The minimum Gasteiger partial charge on any atom is -0.489 e. The van der Waals surface area contributed by atoms with Gasteiger partial charge in [0, 0.05) is 28.1 Å². The van der Waals surface area contributed by atoms with E-state index in [1.807, 2.05) is 0 Å². The smallest absolute Gasteiger partial charge is 0.422 e. The summed E-state index contributed by atoms with van der Waals surface area (Å²) < 4.78 is 48.8. The summed E-state index contributed by atoms with van der Waals surface area (Å²) >= 11 is 6.38. The zero-order chi connectivity index (χ0) is 26.8. The number of rotatable bonds is 8. The Morgan fingerprint density at radius 1 is 1.03 bits per heavy atom. The minimum atomic E-state index is -5.01. The molecular formula is C28H23ClF3NO4. The molecule has 0 amide bonds. The third-order valence-corrected chi connectivity index (χ3v) is 6.64. The number of pyridine rings is 1. The highest BCUT2D eigenvalue weighted by Crippen LogP contribution is 2.50. The summed E-state index contributed by atoms with van der Waals surface area (Å²) in [6.07, 6.45) is -4.06. The number of benzene rings is 3. The molecular weight excluding hydrogens is 507 g/mol. The summed E-state index contributed by atoms with van der Waals surface area (Å²) in [6.45, 7) is 1.41. The number of alkyl halides is 3. The Kier molecular flexibility index (Phi) is 7.43. The lowest BCUT2D eigenvalue weighted by molar-refractivity contribution is -0.274. The van der Waals surface area contributed by atoms with E-state index in [9.17, 15) is 23.1 Å². The number of carbonyl (C=O) groups is 1. The molecule has 0 saturated heterocycles. The van der Waals surface area contributed by atoms with Gasteiger partial charge in [-0.25, -0.2) is 0 Å². The Bertz CT molecular complexity index is 1430. The van der Waals surface area contributed by atoms with E-state index in [2.05, 4.69) is 4.98 Å². The maximum Gasteiger partial charge on any atom is 0.422 e. The third kappa shape index (κ3) is 5.55. The Morgan fingerprint density at radius 3 is 2.35 bits per heavy atom. The second-order valence-corrected chi connectivity index (χ2v) is 9.17. The first kappa shape index (κ1) is 26.4. The van der Waals surface area contributed by atoms with Crippen LogP contribution in [0.2, 0.25) is 5.02 Å². The molecule has 4 rings (SSSR count). The molecule has 0 radical (unpaired) electrons. The van der Waals surface area contributed by atoms with Gasteiger partial charge in [0.25, 0.3) is 0 Å². The summed E-state index contributed by atoms with van der Waals surface area (Å²) in [5, 5.41) is 20.5. The van der Waals surface area contributed by atoms with E-state index in [4.69, 9.17) is 21.4 Å². The van der Waals surface area contributed by atoms with Crippen LogP contribution in [0, 0.1) is 0 Å². The Morgan fingerprint density at radius 2 is 1.70 bits per heavy atom. The monoisotopic (exact) mass is 529 g/mol. The first-order chi connectivity index (χ1) is 17.5. The van der Waals surface area contributed by atoms with Crippen LogP contribution in [0.4, 0.5) is 13.2 Å². The number of nitrogens with zero attached hydrogens (tertiary/aromatic N) is 1. The Hall–Kier alpha value is -3.62. The van der Waals surface area contributed by atoms with Crippen LogP contribution in [0.3, 0.4) is 0 Å². The van der Waals surface area contributed by atoms with Crippen LogP contribution < -0.4 is 4.74 Å². The SMILES string of the molecule is CC(c1ccc(OCc2ccc(CC(=O)O)cc2)cc1Cl)C(O)(c1cnc2ccccc2c1)C(F)(F)F. The fraction of sp³-hybridized carbons (Fsp3) is 0.214. The minimum absolute atomic E-state index is 0.0122.